The number of carbonyl (C=O) groups is 1. The minimum atomic E-state index is -1.72. The highest BCUT2D eigenvalue weighted by atomic mass is 35.5. The molecule has 1 amide bonds. The van der Waals surface area contributed by atoms with Gasteiger partial charge in [-0.2, -0.15) is 5.26 Å². The molecule has 1 atom stereocenters. The first kappa shape index (κ1) is 23.3. The molecule has 0 fully saturated rings. The molecule has 0 aliphatic heterocycles. The number of hydrogen-bond acceptors (Lipinski definition) is 7. The van der Waals surface area contributed by atoms with Gasteiger partial charge in [-0.05, 0) is 48.2 Å². The Morgan fingerprint density at radius 3 is 2.72 bits per heavy atom. The maximum Gasteiger partial charge on any atom is 0.221 e. The topological polar surface area (TPSA) is 144 Å². The Bertz CT molecular complexity index is 1240. The van der Waals surface area contributed by atoms with E-state index >= 15 is 0 Å². The van der Waals surface area contributed by atoms with Crippen molar-refractivity contribution in [2.75, 3.05) is 0 Å². The highest BCUT2D eigenvalue weighted by Crippen LogP contribution is 2.43. The number of benzene rings is 1. The second-order valence-electron chi connectivity index (χ2n) is 6.30. The first-order valence-corrected chi connectivity index (χ1v) is 11.4. The molecule has 0 saturated heterocycles. The van der Waals surface area contributed by atoms with E-state index in [-0.39, 0.29) is 16.4 Å². The molecule has 4 N–H and O–H groups in total. The van der Waals surface area contributed by atoms with Gasteiger partial charge in [0.2, 0.25) is 5.91 Å². The molecule has 0 aliphatic rings. The fraction of sp³-hybridized carbons (Fsp3) is 0.0476. The van der Waals surface area contributed by atoms with E-state index in [1.54, 1.807) is 36.4 Å². The van der Waals surface area contributed by atoms with Crippen LogP contribution >= 0.6 is 22.9 Å². The molecule has 0 spiro atoms. The van der Waals surface area contributed by atoms with Gasteiger partial charge in [0.15, 0.2) is 15.6 Å². The Morgan fingerprint density at radius 1 is 1.44 bits per heavy atom. The van der Waals surface area contributed by atoms with Gasteiger partial charge in [-0.1, -0.05) is 18.2 Å². The third kappa shape index (κ3) is 5.09. The number of thiophene rings is 1. The zero-order valence-electron chi connectivity index (χ0n) is 16.8. The van der Waals surface area contributed by atoms with Crippen molar-refractivity contribution in [3.05, 3.63) is 76.7 Å². The third-order valence-corrected chi connectivity index (χ3v) is 7.13. The molecular formula is C21H17ClN6O2S2. The molecule has 0 radical (unpaired) electrons. The lowest BCUT2D eigenvalue weighted by Gasteiger charge is -2.10. The zero-order valence-corrected chi connectivity index (χ0v) is 19.1. The van der Waals surface area contributed by atoms with Crippen LogP contribution in [0.3, 0.4) is 0 Å². The Morgan fingerprint density at radius 2 is 2.16 bits per heavy atom. The number of rotatable bonds is 7. The number of aromatic amines is 1. The summed E-state index contributed by atoms with van der Waals surface area (Å²) in [6.45, 7) is 5.17. The minimum absolute atomic E-state index is 0.189. The Kier molecular flexibility index (Phi) is 7.50. The van der Waals surface area contributed by atoms with Crippen molar-refractivity contribution < 1.29 is 9.35 Å². The predicted molar refractivity (Wildman–Crippen MR) is 125 cm³/mol. The first-order chi connectivity index (χ1) is 15.3. The van der Waals surface area contributed by atoms with Crippen LogP contribution in [0.15, 0.2) is 71.0 Å². The van der Waals surface area contributed by atoms with Gasteiger partial charge in [0.05, 0.1) is 4.88 Å². The van der Waals surface area contributed by atoms with E-state index in [1.807, 2.05) is 0 Å². The molecule has 8 nitrogen and oxygen atoms in total. The van der Waals surface area contributed by atoms with Crippen LogP contribution in [0.25, 0.3) is 16.3 Å². The van der Waals surface area contributed by atoms with Crippen LogP contribution in [0.2, 0.25) is 5.02 Å². The summed E-state index contributed by atoms with van der Waals surface area (Å²) in [5.41, 5.74) is 6.63. The highest BCUT2D eigenvalue weighted by molar-refractivity contribution is 7.92. The molecule has 0 saturated carbocycles. The highest BCUT2D eigenvalue weighted by Gasteiger charge is 2.32. The van der Waals surface area contributed by atoms with Crippen molar-refractivity contribution in [3.8, 4) is 16.8 Å². The van der Waals surface area contributed by atoms with Crippen molar-refractivity contribution in [2.24, 2.45) is 5.73 Å². The molecule has 3 aromatic rings. The lowest BCUT2D eigenvalue weighted by Crippen LogP contribution is -2.17. The van der Waals surface area contributed by atoms with E-state index in [4.69, 9.17) is 17.3 Å². The molecule has 0 bridgehead atoms. The number of aromatic nitrogens is 3. The molecule has 0 aliphatic carbocycles. The second-order valence-corrected chi connectivity index (χ2v) is 9.18. The van der Waals surface area contributed by atoms with E-state index in [1.165, 1.54) is 30.8 Å². The summed E-state index contributed by atoms with van der Waals surface area (Å²) in [4.78, 5) is 16.0. The Labute approximate surface area is 196 Å². The Balaban J connectivity index is 2.24. The summed E-state index contributed by atoms with van der Waals surface area (Å²) in [6.07, 6.45) is 5.85. The predicted octanol–water partition coefficient (Wildman–Crippen LogP) is 3.73. The monoisotopic (exact) mass is 484 g/mol. The quantitative estimate of drug-likeness (QED) is 0.344. The van der Waals surface area contributed by atoms with Crippen molar-refractivity contribution in [2.45, 2.75) is 16.7 Å². The molecule has 1 aromatic carbocycles. The molecule has 3 rings (SSSR count). The summed E-state index contributed by atoms with van der Waals surface area (Å²) in [5.74, 6) is 0.0766. The molecule has 11 heteroatoms. The fourth-order valence-corrected chi connectivity index (χ4v) is 5.64. The van der Waals surface area contributed by atoms with Gasteiger partial charge in [0, 0.05) is 28.8 Å². The van der Waals surface area contributed by atoms with Gasteiger partial charge in [-0.3, -0.25) is 4.79 Å². The number of hydrogen-bond donors (Lipinski definition) is 3. The van der Waals surface area contributed by atoms with Crippen molar-refractivity contribution in [1.82, 2.24) is 20.5 Å². The summed E-state index contributed by atoms with van der Waals surface area (Å²) in [5, 5.41) is 20.9. The van der Waals surface area contributed by atoms with Crippen LogP contribution < -0.4 is 11.1 Å². The normalized spacial score (nSPS) is 12.5. The van der Waals surface area contributed by atoms with Crippen LogP contribution in [-0.4, -0.2) is 25.6 Å². The number of nitrogens with one attached hydrogen (secondary N) is 2. The van der Waals surface area contributed by atoms with Crippen LogP contribution in [0.1, 0.15) is 17.4 Å². The maximum atomic E-state index is 13.5. The number of carbonyl (C=O) groups excluding carboxylic acids is 1. The van der Waals surface area contributed by atoms with Crippen molar-refractivity contribution in [1.29, 1.82) is 5.26 Å². The molecular weight excluding hydrogens is 468 g/mol. The fourth-order valence-electron chi connectivity index (χ4n) is 2.79. The molecule has 1 unspecified atom stereocenters. The Hall–Kier alpha value is -3.36. The first-order valence-electron chi connectivity index (χ1n) is 9.03. The van der Waals surface area contributed by atoms with Crippen LogP contribution in [0.4, 0.5) is 0 Å². The second kappa shape index (κ2) is 10.3. The third-order valence-electron chi connectivity index (χ3n) is 4.03. The summed E-state index contributed by atoms with van der Waals surface area (Å²) in [7, 11) is 0. The number of nitriles is 1. The summed E-state index contributed by atoms with van der Waals surface area (Å²) >= 11 is 5.44. The molecule has 162 valence electrons. The number of nitrogens with two attached hydrogens (primary N) is 1. The van der Waals surface area contributed by atoms with Crippen LogP contribution in [0, 0.1) is 11.3 Å². The number of amides is 1. The number of nitrogens with zero attached hydrogens (tertiary/aromatic N) is 3. The van der Waals surface area contributed by atoms with Crippen LogP contribution in [-0.2, 0) is 16.0 Å². The van der Waals surface area contributed by atoms with E-state index in [0.29, 0.717) is 36.8 Å². The smallest absolute Gasteiger partial charge is 0.221 e. The number of H-pyrrole nitrogens is 1. The van der Waals surface area contributed by atoms with E-state index in [2.05, 4.69) is 33.1 Å². The zero-order chi connectivity index (χ0) is 23.3. The summed E-state index contributed by atoms with van der Waals surface area (Å²) < 4.78 is 13.5. The van der Waals surface area contributed by atoms with Gasteiger partial charge in [-0.25, -0.2) is 0 Å². The lowest BCUT2D eigenvalue weighted by molar-refractivity contribution is -0.118. The minimum Gasteiger partial charge on any atom is -0.606 e. The summed E-state index contributed by atoms with van der Waals surface area (Å²) in [6, 6.07) is 8.68. The number of halogens is 1. The van der Waals surface area contributed by atoms with Crippen LogP contribution in [0.5, 0.6) is 0 Å². The van der Waals surface area contributed by atoms with Gasteiger partial charge < -0.3 is 20.6 Å². The average Bonchev–Trinajstić information content (AvgIpc) is 3.40. The van der Waals surface area contributed by atoms with Crippen molar-refractivity contribution >= 4 is 45.6 Å². The van der Waals surface area contributed by atoms with Crippen molar-refractivity contribution in [3.63, 3.8) is 0 Å². The molecule has 2 heterocycles. The SMILES string of the molecule is C=C(/C=C(\C=C/N)c1sc(-c2nnc[nH]2)c([S+]([O-])c2ccc(Cl)cc2)c1C#N)NC(C)=O. The van der Waals surface area contributed by atoms with Gasteiger partial charge in [0.1, 0.15) is 22.8 Å². The molecule has 2 aromatic heterocycles. The maximum absolute atomic E-state index is 13.5. The van der Waals surface area contributed by atoms with E-state index in [9.17, 15) is 14.6 Å². The van der Waals surface area contributed by atoms with E-state index in [0.717, 1.165) is 0 Å². The van der Waals surface area contributed by atoms with Gasteiger partial charge in [0.25, 0.3) is 0 Å². The van der Waals surface area contributed by atoms with Gasteiger partial charge in [-0.15, -0.1) is 21.5 Å². The standard InChI is InChI=1S/C21H17ClN6O2S2/c1-12(27-13(2)29)9-14(7-8-23)18-17(10-24)20(19(31-18)21-25-11-26-28-21)32(30)16-5-3-15(22)4-6-16/h3-9,11H,1,23H2,2H3,(H,27,29)(H,25,26,28)/b8-7-,14-9+. The average molecular weight is 485 g/mol. The largest absolute Gasteiger partial charge is 0.606 e. The number of allylic oxidation sites excluding steroid dienone is 3. The molecule has 32 heavy (non-hydrogen) atoms. The van der Waals surface area contributed by atoms with E-state index < -0.39 is 11.2 Å². The lowest BCUT2D eigenvalue weighted by atomic mass is 10.1. The van der Waals surface area contributed by atoms with Gasteiger partial charge >= 0.3 is 0 Å².